The maximum atomic E-state index is 12.5. The van der Waals surface area contributed by atoms with E-state index in [-0.39, 0.29) is 31.1 Å². The highest BCUT2D eigenvalue weighted by Gasteiger charge is 2.38. The summed E-state index contributed by atoms with van der Waals surface area (Å²) in [6.07, 6.45) is 3.14. The van der Waals surface area contributed by atoms with Crippen LogP contribution < -0.4 is 5.32 Å². The van der Waals surface area contributed by atoms with E-state index in [0.29, 0.717) is 36.0 Å². The van der Waals surface area contributed by atoms with Crippen molar-refractivity contribution in [1.29, 1.82) is 0 Å². The number of aliphatic hydroxyl groups is 1. The van der Waals surface area contributed by atoms with E-state index in [1.165, 1.54) is 6.33 Å². The lowest BCUT2D eigenvalue weighted by atomic mass is 10.1. The van der Waals surface area contributed by atoms with Crippen LogP contribution in [0.2, 0.25) is 0 Å². The first-order valence-corrected chi connectivity index (χ1v) is 8.63. The number of amides is 1. The molecule has 144 valence electrons. The number of aryl methyl sites for hydroxylation is 2. The molecule has 0 bridgehead atoms. The van der Waals surface area contributed by atoms with Crippen LogP contribution in [0.25, 0.3) is 0 Å². The minimum absolute atomic E-state index is 0.0951. The first kappa shape index (κ1) is 20.2. The fourth-order valence-corrected chi connectivity index (χ4v) is 3.54. The molecule has 2 saturated heterocycles. The molecule has 2 aliphatic heterocycles. The number of fused-ring (bicyclic) bond motifs is 1. The van der Waals surface area contributed by atoms with Crippen LogP contribution in [0.4, 0.5) is 0 Å². The van der Waals surface area contributed by atoms with Gasteiger partial charge in [0.25, 0.3) is 12.4 Å². The zero-order valence-electron chi connectivity index (χ0n) is 15.1. The minimum Gasteiger partial charge on any atom is -0.483 e. The van der Waals surface area contributed by atoms with Crippen molar-refractivity contribution in [3.8, 4) is 0 Å². The summed E-state index contributed by atoms with van der Waals surface area (Å²) < 4.78 is 5.77. The predicted molar refractivity (Wildman–Crippen MR) is 92.9 cm³/mol. The highest BCUT2D eigenvalue weighted by molar-refractivity contribution is 5.96. The molecule has 1 aromatic rings. The Morgan fingerprint density at radius 2 is 2.04 bits per heavy atom. The SMILES string of the molecule is Cc1ncnc(C)c1C(=O)N[C@@H]1C[C@H]2CO[C@@H](CCO)CN2C1.O=CO. The number of hydrogen-bond acceptors (Lipinski definition) is 7. The van der Waals surface area contributed by atoms with Gasteiger partial charge in [0.2, 0.25) is 0 Å². The van der Waals surface area contributed by atoms with Crippen LogP contribution in [0.15, 0.2) is 6.33 Å². The summed E-state index contributed by atoms with van der Waals surface area (Å²) in [6.45, 7) is 5.88. The molecule has 1 aromatic heterocycles. The maximum absolute atomic E-state index is 12.5. The summed E-state index contributed by atoms with van der Waals surface area (Å²) in [5, 5.41) is 19.0. The highest BCUT2D eigenvalue weighted by Crippen LogP contribution is 2.24. The Kier molecular flexibility index (Phi) is 7.43. The number of nitrogens with one attached hydrogen (secondary N) is 1. The lowest BCUT2D eigenvalue weighted by Gasteiger charge is -2.34. The average Bonchev–Trinajstić information content (AvgIpc) is 2.97. The molecular weight excluding hydrogens is 340 g/mol. The number of carboxylic acid groups (broad SMARTS) is 1. The highest BCUT2D eigenvalue weighted by atomic mass is 16.5. The van der Waals surface area contributed by atoms with Crippen LogP contribution in [0.3, 0.4) is 0 Å². The van der Waals surface area contributed by atoms with Gasteiger partial charge in [-0.25, -0.2) is 9.97 Å². The molecule has 1 amide bonds. The predicted octanol–water partition coefficient (Wildman–Crippen LogP) is -0.252. The van der Waals surface area contributed by atoms with Crippen molar-refractivity contribution in [3.63, 3.8) is 0 Å². The van der Waals surface area contributed by atoms with Crippen LogP contribution in [0.5, 0.6) is 0 Å². The van der Waals surface area contributed by atoms with E-state index in [9.17, 15) is 4.79 Å². The van der Waals surface area contributed by atoms with E-state index >= 15 is 0 Å². The van der Waals surface area contributed by atoms with Crippen molar-refractivity contribution in [2.45, 2.75) is 44.9 Å². The number of ether oxygens (including phenoxy) is 1. The first-order valence-electron chi connectivity index (χ1n) is 8.63. The van der Waals surface area contributed by atoms with Crippen molar-refractivity contribution in [2.24, 2.45) is 0 Å². The second-order valence-corrected chi connectivity index (χ2v) is 6.51. The summed E-state index contributed by atoms with van der Waals surface area (Å²) in [7, 11) is 0. The number of carbonyl (C=O) groups excluding carboxylic acids is 1. The van der Waals surface area contributed by atoms with Crippen molar-refractivity contribution >= 4 is 12.4 Å². The third-order valence-corrected chi connectivity index (χ3v) is 4.73. The van der Waals surface area contributed by atoms with E-state index in [1.807, 2.05) is 13.8 Å². The zero-order valence-corrected chi connectivity index (χ0v) is 15.1. The molecule has 9 nitrogen and oxygen atoms in total. The van der Waals surface area contributed by atoms with Crippen LogP contribution in [0.1, 0.15) is 34.6 Å². The number of nitrogens with zero attached hydrogens (tertiary/aromatic N) is 3. The standard InChI is InChI=1S/C16H24N4O3.CH2O2/c1-10-15(11(2)18-9-17-10)16(22)19-12-5-13-8-23-14(3-4-21)7-20(13)6-12;2-1-3/h9,12-14,21H,3-8H2,1-2H3,(H,19,22);1H,(H,2,3)/t12-,13+,14+;/m1./s1. The van der Waals surface area contributed by atoms with Gasteiger partial charge in [-0.15, -0.1) is 0 Å². The lowest BCUT2D eigenvalue weighted by molar-refractivity contribution is -0.122. The number of aliphatic hydroxyl groups excluding tert-OH is 1. The van der Waals surface area contributed by atoms with Gasteiger partial charge in [-0.1, -0.05) is 0 Å². The molecule has 0 radical (unpaired) electrons. The number of rotatable bonds is 4. The van der Waals surface area contributed by atoms with Crippen molar-refractivity contribution in [1.82, 2.24) is 20.2 Å². The van der Waals surface area contributed by atoms with Crippen molar-refractivity contribution in [2.75, 3.05) is 26.3 Å². The Morgan fingerprint density at radius 1 is 1.38 bits per heavy atom. The number of morpholine rings is 1. The van der Waals surface area contributed by atoms with E-state index < -0.39 is 0 Å². The van der Waals surface area contributed by atoms with Gasteiger partial charge in [0.15, 0.2) is 0 Å². The Bertz CT molecular complexity index is 607. The summed E-state index contributed by atoms with van der Waals surface area (Å²) in [5.41, 5.74) is 1.99. The molecular formula is C17H26N4O5. The van der Waals surface area contributed by atoms with Crippen molar-refractivity contribution < 1.29 is 24.5 Å². The summed E-state index contributed by atoms with van der Waals surface area (Å²) in [5.74, 6) is -0.0988. The van der Waals surface area contributed by atoms with Crippen LogP contribution in [-0.4, -0.2) is 82.0 Å². The van der Waals surface area contributed by atoms with Gasteiger partial charge in [-0.3, -0.25) is 14.5 Å². The van der Waals surface area contributed by atoms with Gasteiger partial charge in [0.05, 0.1) is 29.7 Å². The average molecular weight is 366 g/mol. The second-order valence-electron chi connectivity index (χ2n) is 6.51. The largest absolute Gasteiger partial charge is 0.483 e. The maximum Gasteiger partial charge on any atom is 0.290 e. The number of hydrogen-bond donors (Lipinski definition) is 3. The molecule has 0 aromatic carbocycles. The summed E-state index contributed by atoms with van der Waals surface area (Å²) in [6, 6.07) is 0.465. The van der Waals surface area contributed by atoms with Gasteiger partial charge in [-0.2, -0.15) is 0 Å². The van der Waals surface area contributed by atoms with Crippen LogP contribution >= 0.6 is 0 Å². The quantitative estimate of drug-likeness (QED) is 0.623. The molecule has 0 aliphatic carbocycles. The molecule has 0 saturated carbocycles. The normalized spacial score (nSPS) is 25.0. The molecule has 3 rings (SSSR count). The zero-order chi connectivity index (χ0) is 19.1. The summed E-state index contributed by atoms with van der Waals surface area (Å²) >= 11 is 0. The molecule has 3 atom stereocenters. The van der Waals surface area contributed by atoms with Crippen LogP contribution in [-0.2, 0) is 9.53 Å². The van der Waals surface area contributed by atoms with Gasteiger partial charge in [-0.05, 0) is 26.7 Å². The van der Waals surface area contributed by atoms with Gasteiger partial charge < -0.3 is 20.3 Å². The Hall–Kier alpha value is -2.10. The molecule has 3 heterocycles. The Labute approximate surface area is 152 Å². The smallest absolute Gasteiger partial charge is 0.290 e. The molecule has 26 heavy (non-hydrogen) atoms. The fourth-order valence-electron chi connectivity index (χ4n) is 3.54. The molecule has 2 fully saturated rings. The minimum atomic E-state index is -0.250. The topological polar surface area (TPSA) is 125 Å². The third kappa shape index (κ3) is 4.96. The van der Waals surface area contributed by atoms with Crippen LogP contribution in [0, 0.1) is 13.8 Å². The first-order chi connectivity index (χ1) is 12.5. The molecule has 0 spiro atoms. The second kappa shape index (κ2) is 9.56. The van der Waals surface area contributed by atoms with E-state index in [0.717, 1.165) is 19.5 Å². The third-order valence-electron chi connectivity index (χ3n) is 4.73. The molecule has 0 unspecified atom stereocenters. The molecule has 2 aliphatic rings. The van der Waals surface area contributed by atoms with Crippen molar-refractivity contribution in [3.05, 3.63) is 23.3 Å². The monoisotopic (exact) mass is 366 g/mol. The Balaban J connectivity index is 0.000000758. The number of aromatic nitrogens is 2. The van der Waals surface area contributed by atoms with Gasteiger partial charge in [0, 0.05) is 31.8 Å². The lowest BCUT2D eigenvalue weighted by Crippen LogP contribution is -2.46. The fraction of sp³-hybridized carbons (Fsp3) is 0.647. The Morgan fingerprint density at radius 3 is 2.65 bits per heavy atom. The van der Waals surface area contributed by atoms with Gasteiger partial charge in [0.1, 0.15) is 6.33 Å². The van der Waals surface area contributed by atoms with E-state index in [4.69, 9.17) is 19.7 Å². The molecule has 3 N–H and O–H groups in total. The molecule has 9 heteroatoms. The summed E-state index contributed by atoms with van der Waals surface area (Å²) in [4.78, 5) is 31.5. The van der Waals surface area contributed by atoms with E-state index in [2.05, 4.69) is 20.2 Å². The van der Waals surface area contributed by atoms with E-state index in [1.54, 1.807) is 0 Å². The number of carbonyl (C=O) groups is 2. The van der Waals surface area contributed by atoms with Gasteiger partial charge >= 0.3 is 0 Å².